The summed E-state index contributed by atoms with van der Waals surface area (Å²) in [5, 5.41) is 6.42. The number of nitrogens with one attached hydrogen (secondary N) is 2. The number of carbonyl (C=O) groups excluding carboxylic acids is 1. The molecule has 0 aromatic heterocycles. The van der Waals surface area contributed by atoms with Crippen molar-refractivity contribution in [3.05, 3.63) is 29.8 Å². The van der Waals surface area contributed by atoms with Crippen molar-refractivity contribution in [1.29, 1.82) is 0 Å². The zero-order chi connectivity index (χ0) is 13.7. The molecule has 1 aliphatic heterocycles. The maximum Gasteiger partial charge on any atom is 0.255 e. The van der Waals surface area contributed by atoms with E-state index in [2.05, 4.69) is 17.6 Å². The van der Waals surface area contributed by atoms with Crippen LogP contribution in [-0.4, -0.2) is 31.6 Å². The molecule has 2 atom stereocenters. The van der Waals surface area contributed by atoms with E-state index in [-0.39, 0.29) is 24.4 Å². The number of hydrogen-bond donors (Lipinski definition) is 2. The van der Waals surface area contributed by atoms with Crippen LogP contribution in [0.4, 0.5) is 0 Å². The molecule has 0 bridgehead atoms. The van der Waals surface area contributed by atoms with Gasteiger partial charge in [0.2, 0.25) is 0 Å². The summed E-state index contributed by atoms with van der Waals surface area (Å²) < 4.78 is 5.50. The molecule has 112 valence electrons. The van der Waals surface area contributed by atoms with Gasteiger partial charge in [-0.25, -0.2) is 0 Å². The lowest BCUT2D eigenvalue weighted by Crippen LogP contribution is -2.50. The van der Waals surface area contributed by atoms with Crippen LogP contribution in [-0.2, 0) is 0 Å². The van der Waals surface area contributed by atoms with Gasteiger partial charge < -0.3 is 15.4 Å². The van der Waals surface area contributed by atoms with Crippen LogP contribution in [0.5, 0.6) is 5.75 Å². The van der Waals surface area contributed by atoms with Crippen molar-refractivity contribution in [3.63, 3.8) is 0 Å². The summed E-state index contributed by atoms with van der Waals surface area (Å²) in [7, 11) is 0. The SMILES string of the molecule is CCOc1ccccc1C(=O)NC1CNCCC1C.Cl. The smallest absolute Gasteiger partial charge is 0.255 e. The highest BCUT2D eigenvalue weighted by Gasteiger charge is 2.24. The van der Waals surface area contributed by atoms with E-state index in [1.807, 2.05) is 25.1 Å². The average Bonchev–Trinajstić information content (AvgIpc) is 2.42. The fourth-order valence-corrected chi connectivity index (χ4v) is 2.36. The number of ether oxygens (including phenoxy) is 1. The highest BCUT2D eigenvalue weighted by atomic mass is 35.5. The minimum absolute atomic E-state index is 0. The molecule has 5 heteroatoms. The Kier molecular flexibility index (Phi) is 6.82. The molecule has 1 aromatic carbocycles. The van der Waals surface area contributed by atoms with Crippen LogP contribution in [0.25, 0.3) is 0 Å². The van der Waals surface area contributed by atoms with Gasteiger partial charge in [0.1, 0.15) is 5.75 Å². The predicted octanol–water partition coefficient (Wildman–Crippen LogP) is 2.23. The fourth-order valence-electron chi connectivity index (χ4n) is 2.36. The first-order chi connectivity index (χ1) is 9.22. The summed E-state index contributed by atoms with van der Waals surface area (Å²) >= 11 is 0. The van der Waals surface area contributed by atoms with E-state index >= 15 is 0 Å². The third-order valence-corrected chi connectivity index (χ3v) is 3.58. The largest absolute Gasteiger partial charge is 0.493 e. The summed E-state index contributed by atoms with van der Waals surface area (Å²) in [5.41, 5.74) is 0.613. The van der Waals surface area contributed by atoms with Gasteiger partial charge in [0.15, 0.2) is 0 Å². The third kappa shape index (κ3) is 4.12. The van der Waals surface area contributed by atoms with E-state index in [4.69, 9.17) is 4.74 Å². The number of rotatable bonds is 4. The van der Waals surface area contributed by atoms with Crippen molar-refractivity contribution in [2.75, 3.05) is 19.7 Å². The zero-order valence-corrected chi connectivity index (χ0v) is 12.8. The lowest BCUT2D eigenvalue weighted by molar-refractivity contribution is 0.0911. The first kappa shape index (κ1) is 16.8. The van der Waals surface area contributed by atoms with Crippen LogP contribution >= 0.6 is 12.4 Å². The molecule has 0 radical (unpaired) electrons. The highest BCUT2D eigenvalue weighted by molar-refractivity contribution is 5.97. The Labute approximate surface area is 126 Å². The number of piperidine rings is 1. The van der Waals surface area contributed by atoms with Gasteiger partial charge in [-0.1, -0.05) is 19.1 Å². The molecule has 1 aromatic rings. The number of carbonyl (C=O) groups is 1. The number of halogens is 1. The van der Waals surface area contributed by atoms with Gasteiger partial charge in [-0.15, -0.1) is 12.4 Å². The van der Waals surface area contributed by atoms with E-state index in [1.165, 1.54) is 0 Å². The van der Waals surface area contributed by atoms with Crippen molar-refractivity contribution in [2.45, 2.75) is 26.3 Å². The van der Waals surface area contributed by atoms with Gasteiger partial charge in [-0.05, 0) is 37.9 Å². The molecule has 2 N–H and O–H groups in total. The standard InChI is InChI=1S/C15H22N2O2.ClH/c1-3-19-14-7-5-4-6-12(14)15(18)17-13-10-16-9-8-11(13)2;/h4-7,11,13,16H,3,8-10H2,1-2H3,(H,17,18);1H. The van der Waals surface area contributed by atoms with E-state index in [0.717, 1.165) is 19.5 Å². The summed E-state index contributed by atoms with van der Waals surface area (Å²) in [6.07, 6.45) is 1.10. The predicted molar refractivity (Wildman–Crippen MR) is 82.8 cm³/mol. The van der Waals surface area contributed by atoms with E-state index < -0.39 is 0 Å². The van der Waals surface area contributed by atoms with Gasteiger partial charge >= 0.3 is 0 Å². The quantitative estimate of drug-likeness (QED) is 0.896. The fraction of sp³-hybridized carbons (Fsp3) is 0.533. The van der Waals surface area contributed by atoms with Crippen molar-refractivity contribution in [3.8, 4) is 5.75 Å². The topological polar surface area (TPSA) is 50.4 Å². The second kappa shape index (κ2) is 8.12. The molecule has 1 heterocycles. The van der Waals surface area contributed by atoms with Gasteiger partial charge in [0.25, 0.3) is 5.91 Å². The Morgan fingerprint density at radius 3 is 2.90 bits per heavy atom. The molecule has 4 nitrogen and oxygen atoms in total. The molecular formula is C15H23ClN2O2. The summed E-state index contributed by atoms with van der Waals surface area (Å²) in [5.74, 6) is 1.10. The van der Waals surface area contributed by atoms with Crippen LogP contribution in [0.3, 0.4) is 0 Å². The Hall–Kier alpha value is -1.26. The number of amides is 1. The first-order valence-electron chi connectivity index (χ1n) is 6.95. The van der Waals surface area contributed by atoms with Gasteiger partial charge in [-0.3, -0.25) is 4.79 Å². The molecule has 20 heavy (non-hydrogen) atoms. The molecule has 1 fully saturated rings. The second-order valence-corrected chi connectivity index (χ2v) is 4.98. The molecule has 1 aliphatic rings. The van der Waals surface area contributed by atoms with E-state index in [1.54, 1.807) is 6.07 Å². The Balaban J connectivity index is 0.00000200. The second-order valence-electron chi connectivity index (χ2n) is 4.98. The Morgan fingerprint density at radius 1 is 1.45 bits per heavy atom. The van der Waals surface area contributed by atoms with Crippen molar-refractivity contribution in [1.82, 2.24) is 10.6 Å². The number of hydrogen-bond acceptors (Lipinski definition) is 3. The maximum absolute atomic E-state index is 12.3. The minimum atomic E-state index is -0.0513. The van der Waals surface area contributed by atoms with Crippen molar-refractivity contribution >= 4 is 18.3 Å². The van der Waals surface area contributed by atoms with Gasteiger partial charge in [-0.2, -0.15) is 0 Å². The lowest BCUT2D eigenvalue weighted by atomic mass is 9.94. The molecule has 0 aliphatic carbocycles. The Bertz CT molecular complexity index is 440. The Morgan fingerprint density at radius 2 is 2.20 bits per heavy atom. The molecule has 1 saturated heterocycles. The molecule has 2 rings (SSSR count). The number of benzene rings is 1. The van der Waals surface area contributed by atoms with E-state index in [9.17, 15) is 4.79 Å². The van der Waals surface area contributed by atoms with E-state index in [0.29, 0.717) is 23.8 Å². The lowest BCUT2D eigenvalue weighted by Gasteiger charge is -2.30. The monoisotopic (exact) mass is 298 g/mol. The summed E-state index contributed by atoms with van der Waals surface area (Å²) in [4.78, 5) is 12.3. The van der Waals surface area contributed by atoms with Gasteiger partial charge in [0.05, 0.1) is 12.2 Å². The highest BCUT2D eigenvalue weighted by Crippen LogP contribution is 2.19. The number of para-hydroxylation sites is 1. The minimum Gasteiger partial charge on any atom is -0.493 e. The average molecular weight is 299 g/mol. The third-order valence-electron chi connectivity index (χ3n) is 3.58. The van der Waals surface area contributed by atoms with Crippen LogP contribution < -0.4 is 15.4 Å². The van der Waals surface area contributed by atoms with Gasteiger partial charge in [0, 0.05) is 12.6 Å². The molecule has 1 amide bonds. The summed E-state index contributed by atoms with van der Waals surface area (Å²) in [6.45, 7) is 6.53. The van der Waals surface area contributed by atoms with Crippen molar-refractivity contribution in [2.24, 2.45) is 5.92 Å². The van der Waals surface area contributed by atoms with Crippen LogP contribution in [0.1, 0.15) is 30.6 Å². The normalized spacial score (nSPS) is 21.7. The maximum atomic E-state index is 12.3. The molecular weight excluding hydrogens is 276 g/mol. The van der Waals surface area contributed by atoms with Crippen LogP contribution in [0, 0.1) is 5.92 Å². The molecule has 2 unspecified atom stereocenters. The first-order valence-corrected chi connectivity index (χ1v) is 6.95. The molecule has 0 spiro atoms. The summed E-state index contributed by atoms with van der Waals surface area (Å²) in [6, 6.07) is 7.57. The van der Waals surface area contributed by atoms with Crippen molar-refractivity contribution < 1.29 is 9.53 Å². The molecule has 0 saturated carbocycles. The van der Waals surface area contributed by atoms with Crippen LogP contribution in [0.15, 0.2) is 24.3 Å². The van der Waals surface area contributed by atoms with Crippen LogP contribution in [0.2, 0.25) is 0 Å². The zero-order valence-electron chi connectivity index (χ0n) is 12.0.